The number of esters is 2. The first-order valence-corrected chi connectivity index (χ1v) is 6.78. The molecular weight excluding hydrogens is 258 g/mol. The summed E-state index contributed by atoms with van der Waals surface area (Å²) in [6.45, 7) is 6.59. The van der Waals surface area contributed by atoms with Gasteiger partial charge in [0.05, 0.1) is 12.3 Å². The monoisotopic (exact) mass is 277 g/mol. The molecule has 1 aliphatic rings. The van der Waals surface area contributed by atoms with Crippen LogP contribution in [0.2, 0.25) is 0 Å². The highest BCUT2D eigenvalue weighted by molar-refractivity contribution is 6.05. The zero-order chi connectivity index (χ0) is 14.7. The maximum absolute atomic E-state index is 12.1. The predicted molar refractivity (Wildman–Crippen MR) is 74.7 cm³/mol. The van der Waals surface area contributed by atoms with Crippen LogP contribution in [-0.2, 0) is 14.3 Å². The van der Waals surface area contributed by atoms with E-state index in [2.05, 4.69) is 0 Å². The lowest BCUT2D eigenvalue weighted by atomic mass is 10.1. The van der Waals surface area contributed by atoms with Gasteiger partial charge < -0.3 is 14.4 Å². The van der Waals surface area contributed by atoms with Crippen LogP contribution in [0.5, 0.6) is 5.75 Å². The summed E-state index contributed by atoms with van der Waals surface area (Å²) in [5.41, 5.74) is 0.749. The van der Waals surface area contributed by atoms with Crippen molar-refractivity contribution in [2.75, 3.05) is 18.1 Å². The van der Waals surface area contributed by atoms with E-state index in [0.717, 1.165) is 5.69 Å². The third-order valence-electron chi connectivity index (χ3n) is 2.99. The second kappa shape index (κ2) is 5.94. The number of nitrogens with zero attached hydrogens (tertiary/aromatic N) is 1. The fraction of sp³-hybridized carbons (Fsp3) is 0.467. The third-order valence-corrected chi connectivity index (χ3v) is 2.99. The summed E-state index contributed by atoms with van der Waals surface area (Å²) >= 11 is 0. The van der Waals surface area contributed by atoms with Crippen LogP contribution in [0, 0.1) is 5.92 Å². The molecule has 0 fully saturated rings. The zero-order valence-corrected chi connectivity index (χ0v) is 12.0. The normalized spacial score (nSPS) is 17.7. The Morgan fingerprint density at radius 1 is 1.40 bits per heavy atom. The Bertz CT molecular complexity index is 512. The van der Waals surface area contributed by atoms with Crippen molar-refractivity contribution in [3.8, 4) is 5.75 Å². The van der Waals surface area contributed by atoms with Crippen molar-refractivity contribution in [1.82, 2.24) is 0 Å². The highest BCUT2D eigenvalue weighted by atomic mass is 16.6. The van der Waals surface area contributed by atoms with Gasteiger partial charge in [-0.25, -0.2) is 9.59 Å². The second-order valence-electron chi connectivity index (χ2n) is 5.09. The van der Waals surface area contributed by atoms with E-state index in [1.807, 2.05) is 26.0 Å². The molecule has 1 atom stereocenters. The number of rotatable bonds is 4. The first kappa shape index (κ1) is 14.4. The Hall–Kier alpha value is -2.04. The average molecular weight is 277 g/mol. The first-order chi connectivity index (χ1) is 9.54. The lowest BCUT2D eigenvalue weighted by Crippen LogP contribution is -2.53. The molecular formula is C15H19NO4. The van der Waals surface area contributed by atoms with Gasteiger partial charge in [-0.2, -0.15) is 0 Å². The lowest BCUT2D eigenvalue weighted by molar-refractivity contribution is -0.153. The molecule has 20 heavy (non-hydrogen) atoms. The minimum absolute atomic E-state index is 0.236. The standard InChI is InChI=1S/C15H19NO4/c1-4-19-14(17)13-15(18)20-12-8-6-5-7-11(12)16(13)9-10(2)3/h5-8,10,13H,4,9H2,1-3H3. The van der Waals surface area contributed by atoms with E-state index in [-0.39, 0.29) is 6.61 Å². The highest BCUT2D eigenvalue weighted by Crippen LogP contribution is 2.34. The van der Waals surface area contributed by atoms with Crippen molar-refractivity contribution in [2.45, 2.75) is 26.8 Å². The van der Waals surface area contributed by atoms with E-state index in [0.29, 0.717) is 18.2 Å². The van der Waals surface area contributed by atoms with Crippen LogP contribution in [0.25, 0.3) is 0 Å². The molecule has 0 aliphatic carbocycles. The third kappa shape index (κ3) is 2.76. The zero-order valence-electron chi connectivity index (χ0n) is 12.0. The summed E-state index contributed by atoms with van der Waals surface area (Å²) in [5, 5.41) is 0. The Morgan fingerprint density at radius 3 is 2.75 bits per heavy atom. The highest BCUT2D eigenvalue weighted by Gasteiger charge is 2.41. The molecule has 5 nitrogen and oxygen atoms in total. The lowest BCUT2D eigenvalue weighted by Gasteiger charge is -2.36. The predicted octanol–water partition coefficient (Wildman–Crippen LogP) is 2.00. The molecule has 108 valence electrons. The van der Waals surface area contributed by atoms with E-state index in [1.165, 1.54) is 0 Å². The van der Waals surface area contributed by atoms with Gasteiger partial charge in [0.2, 0.25) is 6.04 Å². The van der Waals surface area contributed by atoms with Gasteiger partial charge in [-0.3, -0.25) is 0 Å². The van der Waals surface area contributed by atoms with Gasteiger partial charge in [0.25, 0.3) is 0 Å². The van der Waals surface area contributed by atoms with E-state index in [9.17, 15) is 9.59 Å². The van der Waals surface area contributed by atoms with Crippen molar-refractivity contribution < 1.29 is 19.1 Å². The van der Waals surface area contributed by atoms with E-state index in [4.69, 9.17) is 9.47 Å². The van der Waals surface area contributed by atoms with E-state index >= 15 is 0 Å². The second-order valence-corrected chi connectivity index (χ2v) is 5.09. The Morgan fingerprint density at radius 2 is 2.10 bits per heavy atom. The smallest absolute Gasteiger partial charge is 0.346 e. The SMILES string of the molecule is CCOC(=O)C1C(=O)Oc2ccccc2N1CC(C)C. The summed E-state index contributed by atoms with van der Waals surface area (Å²) in [6.07, 6.45) is 0. The van der Waals surface area contributed by atoms with Crippen LogP contribution < -0.4 is 9.64 Å². The van der Waals surface area contributed by atoms with Crippen molar-refractivity contribution in [2.24, 2.45) is 5.92 Å². The molecule has 1 unspecified atom stereocenters. The van der Waals surface area contributed by atoms with Gasteiger partial charge in [-0.1, -0.05) is 26.0 Å². The quantitative estimate of drug-likeness (QED) is 0.478. The van der Waals surface area contributed by atoms with Gasteiger partial charge >= 0.3 is 11.9 Å². The summed E-state index contributed by atoms with van der Waals surface area (Å²) in [4.78, 5) is 25.9. The van der Waals surface area contributed by atoms with E-state index in [1.54, 1.807) is 24.0 Å². The molecule has 1 heterocycles. The Kier molecular flexibility index (Phi) is 4.27. The fourth-order valence-corrected chi connectivity index (χ4v) is 2.25. The largest absolute Gasteiger partial charge is 0.464 e. The van der Waals surface area contributed by atoms with Crippen LogP contribution in [0.15, 0.2) is 24.3 Å². The van der Waals surface area contributed by atoms with Crippen LogP contribution in [0.4, 0.5) is 5.69 Å². The molecule has 0 saturated carbocycles. The van der Waals surface area contributed by atoms with Crippen molar-refractivity contribution in [1.29, 1.82) is 0 Å². The Labute approximate surface area is 118 Å². The molecule has 0 radical (unpaired) electrons. The van der Waals surface area contributed by atoms with Gasteiger partial charge in [-0.15, -0.1) is 0 Å². The average Bonchev–Trinajstić information content (AvgIpc) is 2.38. The number of anilines is 1. The number of carbonyl (C=O) groups excluding carboxylic acids is 2. The maximum Gasteiger partial charge on any atom is 0.346 e. The van der Waals surface area contributed by atoms with Crippen LogP contribution in [0.3, 0.4) is 0 Å². The Balaban J connectivity index is 2.40. The molecule has 0 bridgehead atoms. The molecule has 1 aromatic carbocycles. The summed E-state index contributed by atoms with van der Waals surface area (Å²) in [7, 11) is 0. The molecule has 0 N–H and O–H groups in total. The summed E-state index contributed by atoms with van der Waals surface area (Å²) < 4.78 is 10.2. The molecule has 1 aromatic rings. The fourth-order valence-electron chi connectivity index (χ4n) is 2.25. The summed E-state index contributed by atoms with van der Waals surface area (Å²) in [5.74, 6) is -0.361. The van der Waals surface area contributed by atoms with Crippen molar-refractivity contribution in [3.63, 3.8) is 0 Å². The number of carbonyl (C=O) groups is 2. The molecule has 2 rings (SSSR count). The number of hydrogen-bond acceptors (Lipinski definition) is 5. The van der Waals surface area contributed by atoms with Gasteiger partial charge in [0, 0.05) is 6.54 Å². The number of benzene rings is 1. The number of hydrogen-bond donors (Lipinski definition) is 0. The summed E-state index contributed by atoms with van der Waals surface area (Å²) in [6, 6.07) is 6.20. The molecule has 0 saturated heterocycles. The van der Waals surface area contributed by atoms with Crippen LogP contribution in [0.1, 0.15) is 20.8 Å². The molecule has 0 amide bonds. The van der Waals surface area contributed by atoms with Crippen LogP contribution >= 0.6 is 0 Å². The van der Waals surface area contributed by atoms with E-state index < -0.39 is 18.0 Å². The molecule has 0 spiro atoms. The maximum atomic E-state index is 12.1. The minimum atomic E-state index is -1.02. The van der Waals surface area contributed by atoms with Crippen molar-refractivity contribution in [3.05, 3.63) is 24.3 Å². The van der Waals surface area contributed by atoms with Gasteiger partial charge in [-0.05, 0) is 25.0 Å². The van der Waals surface area contributed by atoms with Crippen LogP contribution in [-0.4, -0.2) is 31.1 Å². The molecule has 1 aliphatic heterocycles. The first-order valence-electron chi connectivity index (χ1n) is 6.78. The molecule has 0 aromatic heterocycles. The van der Waals surface area contributed by atoms with Gasteiger partial charge in [0.1, 0.15) is 0 Å². The number of para-hydroxylation sites is 2. The molecule has 5 heteroatoms. The minimum Gasteiger partial charge on any atom is -0.464 e. The van der Waals surface area contributed by atoms with Crippen molar-refractivity contribution >= 4 is 17.6 Å². The number of fused-ring (bicyclic) bond motifs is 1. The topological polar surface area (TPSA) is 55.8 Å². The number of ether oxygens (including phenoxy) is 2. The van der Waals surface area contributed by atoms with Gasteiger partial charge in [0.15, 0.2) is 5.75 Å².